The standard InChI is InChI=1S/C9H13N3/c1-7(2)8(10-3)9-11-5-4-6-12-9/h4-6,8,10H,1H2,2-3H3. The van der Waals surface area contributed by atoms with Crippen LogP contribution in [0.4, 0.5) is 0 Å². The van der Waals surface area contributed by atoms with Gasteiger partial charge in [0.15, 0.2) is 0 Å². The molecule has 0 saturated heterocycles. The molecule has 64 valence electrons. The maximum absolute atomic E-state index is 4.14. The van der Waals surface area contributed by atoms with E-state index < -0.39 is 0 Å². The molecule has 0 aliphatic rings. The normalized spacial score (nSPS) is 12.5. The van der Waals surface area contributed by atoms with E-state index in [1.165, 1.54) is 0 Å². The SMILES string of the molecule is C=C(C)C(NC)c1ncccn1. The first-order valence-corrected chi connectivity index (χ1v) is 3.85. The second-order valence-corrected chi connectivity index (χ2v) is 2.68. The van der Waals surface area contributed by atoms with Crippen LogP contribution in [0.2, 0.25) is 0 Å². The third-order valence-corrected chi connectivity index (χ3v) is 1.63. The van der Waals surface area contributed by atoms with Gasteiger partial charge in [-0.2, -0.15) is 0 Å². The van der Waals surface area contributed by atoms with Crippen LogP contribution in [0, 0.1) is 0 Å². The van der Waals surface area contributed by atoms with Gasteiger partial charge in [0.05, 0.1) is 6.04 Å². The summed E-state index contributed by atoms with van der Waals surface area (Å²) in [4.78, 5) is 8.27. The number of rotatable bonds is 3. The van der Waals surface area contributed by atoms with E-state index in [4.69, 9.17) is 0 Å². The lowest BCUT2D eigenvalue weighted by atomic mass is 10.1. The molecular formula is C9H13N3. The molecule has 1 heterocycles. The van der Waals surface area contributed by atoms with Crippen LogP contribution in [0.5, 0.6) is 0 Å². The van der Waals surface area contributed by atoms with Crippen LogP contribution in [-0.2, 0) is 0 Å². The first-order chi connectivity index (χ1) is 5.75. The minimum Gasteiger partial charge on any atom is -0.307 e. The molecule has 0 saturated carbocycles. The van der Waals surface area contributed by atoms with Crippen molar-refractivity contribution in [3.05, 3.63) is 36.4 Å². The molecule has 3 heteroatoms. The molecule has 1 aromatic heterocycles. The fraction of sp³-hybridized carbons (Fsp3) is 0.333. The Morgan fingerprint density at radius 1 is 1.50 bits per heavy atom. The topological polar surface area (TPSA) is 37.8 Å². The fourth-order valence-electron chi connectivity index (χ4n) is 1.06. The van der Waals surface area contributed by atoms with E-state index in [0.717, 1.165) is 11.4 Å². The summed E-state index contributed by atoms with van der Waals surface area (Å²) < 4.78 is 0. The minimum absolute atomic E-state index is 0.0613. The van der Waals surface area contributed by atoms with Crippen LogP contribution < -0.4 is 5.32 Å². The Morgan fingerprint density at radius 3 is 2.50 bits per heavy atom. The molecule has 3 nitrogen and oxygen atoms in total. The molecule has 1 rings (SSSR count). The van der Waals surface area contributed by atoms with E-state index in [-0.39, 0.29) is 6.04 Å². The second kappa shape index (κ2) is 3.97. The Hall–Kier alpha value is -1.22. The van der Waals surface area contributed by atoms with Gasteiger partial charge in [-0.1, -0.05) is 12.2 Å². The van der Waals surface area contributed by atoms with E-state index in [9.17, 15) is 0 Å². The Kier molecular flexibility index (Phi) is 2.94. The Morgan fingerprint density at radius 2 is 2.08 bits per heavy atom. The van der Waals surface area contributed by atoms with Gasteiger partial charge in [0, 0.05) is 12.4 Å². The molecule has 0 fully saturated rings. The molecule has 1 atom stereocenters. The van der Waals surface area contributed by atoms with Crippen molar-refractivity contribution in [2.45, 2.75) is 13.0 Å². The number of nitrogens with one attached hydrogen (secondary N) is 1. The quantitative estimate of drug-likeness (QED) is 0.683. The van der Waals surface area contributed by atoms with Gasteiger partial charge in [-0.25, -0.2) is 9.97 Å². The van der Waals surface area contributed by atoms with Crippen molar-refractivity contribution in [2.75, 3.05) is 7.05 Å². The minimum atomic E-state index is 0.0613. The molecule has 1 N–H and O–H groups in total. The summed E-state index contributed by atoms with van der Waals surface area (Å²) in [5.74, 6) is 0.771. The van der Waals surface area contributed by atoms with Crippen LogP contribution in [0.1, 0.15) is 18.8 Å². The summed E-state index contributed by atoms with van der Waals surface area (Å²) in [5, 5.41) is 3.09. The van der Waals surface area contributed by atoms with E-state index in [0.29, 0.717) is 0 Å². The van der Waals surface area contributed by atoms with Crippen molar-refractivity contribution in [1.29, 1.82) is 0 Å². The fourth-order valence-corrected chi connectivity index (χ4v) is 1.06. The van der Waals surface area contributed by atoms with Crippen LogP contribution in [-0.4, -0.2) is 17.0 Å². The van der Waals surface area contributed by atoms with Gasteiger partial charge in [-0.05, 0) is 20.0 Å². The molecule has 0 aliphatic carbocycles. The third kappa shape index (κ3) is 1.89. The highest BCUT2D eigenvalue weighted by Gasteiger charge is 2.10. The van der Waals surface area contributed by atoms with Gasteiger partial charge < -0.3 is 5.32 Å². The second-order valence-electron chi connectivity index (χ2n) is 2.68. The Bertz CT molecular complexity index is 256. The van der Waals surface area contributed by atoms with Crippen molar-refractivity contribution in [3.8, 4) is 0 Å². The summed E-state index contributed by atoms with van der Waals surface area (Å²) in [5.41, 5.74) is 1.02. The molecule has 0 radical (unpaired) electrons. The molecule has 0 spiro atoms. The summed E-state index contributed by atoms with van der Waals surface area (Å²) in [6, 6.07) is 1.86. The summed E-state index contributed by atoms with van der Waals surface area (Å²) in [6.45, 7) is 5.82. The first-order valence-electron chi connectivity index (χ1n) is 3.85. The summed E-state index contributed by atoms with van der Waals surface area (Å²) in [7, 11) is 1.87. The van der Waals surface area contributed by atoms with E-state index in [2.05, 4.69) is 21.9 Å². The van der Waals surface area contributed by atoms with Crippen molar-refractivity contribution in [1.82, 2.24) is 15.3 Å². The largest absolute Gasteiger partial charge is 0.307 e. The lowest BCUT2D eigenvalue weighted by Gasteiger charge is -2.13. The molecule has 1 aromatic rings. The zero-order valence-electron chi connectivity index (χ0n) is 7.41. The van der Waals surface area contributed by atoms with Crippen molar-refractivity contribution < 1.29 is 0 Å². The van der Waals surface area contributed by atoms with Crippen LogP contribution in [0.15, 0.2) is 30.6 Å². The van der Waals surface area contributed by atoms with E-state index in [1.54, 1.807) is 18.5 Å². The molecule has 0 aromatic carbocycles. The van der Waals surface area contributed by atoms with Gasteiger partial charge in [0.25, 0.3) is 0 Å². The first kappa shape index (κ1) is 8.87. The Labute approximate surface area is 72.6 Å². The van der Waals surface area contributed by atoms with Crippen molar-refractivity contribution >= 4 is 0 Å². The number of hydrogen-bond acceptors (Lipinski definition) is 3. The number of aromatic nitrogens is 2. The number of nitrogens with zero attached hydrogens (tertiary/aromatic N) is 2. The molecular weight excluding hydrogens is 150 g/mol. The van der Waals surface area contributed by atoms with Crippen molar-refractivity contribution in [3.63, 3.8) is 0 Å². The lowest BCUT2D eigenvalue weighted by Crippen LogP contribution is -2.19. The zero-order valence-corrected chi connectivity index (χ0v) is 7.41. The number of likely N-dealkylation sites (N-methyl/N-ethyl adjacent to an activating group) is 1. The average Bonchev–Trinajstić information content (AvgIpc) is 2.07. The van der Waals surface area contributed by atoms with Crippen LogP contribution in [0.25, 0.3) is 0 Å². The van der Waals surface area contributed by atoms with E-state index >= 15 is 0 Å². The maximum atomic E-state index is 4.14. The van der Waals surface area contributed by atoms with Crippen LogP contribution in [0.3, 0.4) is 0 Å². The van der Waals surface area contributed by atoms with Gasteiger partial charge in [-0.15, -0.1) is 0 Å². The lowest BCUT2D eigenvalue weighted by molar-refractivity contribution is 0.636. The highest BCUT2D eigenvalue weighted by atomic mass is 15.0. The maximum Gasteiger partial charge on any atom is 0.149 e. The highest BCUT2D eigenvalue weighted by Crippen LogP contribution is 2.13. The highest BCUT2D eigenvalue weighted by molar-refractivity contribution is 5.11. The van der Waals surface area contributed by atoms with Crippen LogP contribution >= 0.6 is 0 Å². The molecule has 0 bridgehead atoms. The zero-order chi connectivity index (χ0) is 8.97. The van der Waals surface area contributed by atoms with Crippen molar-refractivity contribution in [2.24, 2.45) is 0 Å². The molecule has 1 unspecified atom stereocenters. The van der Waals surface area contributed by atoms with Gasteiger partial charge >= 0.3 is 0 Å². The summed E-state index contributed by atoms with van der Waals surface area (Å²) >= 11 is 0. The molecule has 0 amide bonds. The smallest absolute Gasteiger partial charge is 0.149 e. The monoisotopic (exact) mass is 163 g/mol. The predicted molar refractivity (Wildman–Crippen MR) is 48.6 cm³/mol. The van der Waals surface area contributed by atoms with Gasteiger partial charge in [-0.3, -0.25) is 0 Å². The predicted octanol–water partition coefficient (Wildman–Crippen LogP) is 1.31. The molecule has 12 heavy (non-hydrogen) atoms. The average molecular weight is 163 g/mol. The van der Waals surface area contributed by atoms with Gasteiger partial charge in [0.2, 0.25) is 0 Å². The number of hydrogen-bond donors (Lipinski definition) is 1. The molecule has 0 aliphatic heterocycles. The third-order valence-electron chi connectivity index (χ3n) is 1.63. The summed E-state index contributed by atoms with van der Waals surface area (Å²) in [6.07, 6.45) is 3.46. The van der Waals surface area contributed by atoms with E-state index in [1.807, 2.05) is 14.0 Å². The van der Waals surface area contributed by atoms with Gasteiger partial charge in [0.1, 0.15) is 5.82 Å². The Balaban J connectivity index is 2.88.